The number of amides is 3. The maximum atomic E-state index is 13.4. The first kappa shape index (κ1) is 106. The molecule has 22 nitrogen and oxygen atoms in total. The van der Waals surface area contributed by atoms with Crippen molar-refractivity contribution in [3.63, 3.8) is 0 Å². The molecule has 4 aliphatic carbocycles. The number of fused-ring (bicyclic) bond motifs is 4. The van der Waals surface area contributed by atoms with Crippen molar-refractivity contribution >= 4 is 211 Å². The van der Waals surface area contributed by atoms with Gasteiger partial charge in [0.25, 0.3) is 17.7 Å². The number of carboxylic acids is 1. The number of carbonyl (C=O) groups is 4. The number of carboxylic acid groups (broad SMARTS) is 1. The van der Waals surface area contributed by atoms with Crippen molar-refractivity contribution < 1.29 is 46.6 Å². The maximum absolute atomic E-state index is 13.4. The number of piperidine rings is 4. The highest BCUT2D eigenvalue weighted by molar-refractivity contribution is 9.11. The molecular formula is C98H108BBr2Cl6N12O10S7. The number of halogens is 8. The molecule has 38 heteroatoms. The number of nitrogens with one attached hydrogen (secondary N) is 4. The summed E-state index contributed by atoms with van der Waals surface area (Å²) in [6, 6.07) is 50.0. The fraction of sp³-hybridized carbons (Fsp3) is 0.408. The fourth-order valence-corrected chi connectivity index (χ4v) is 27.5. The molecule has 3 amide bonds. The molecule has 19 rings (SSSR count). The lowest BCUT2D eigenvalue weighted by Gasteiger charge is -2.43. The number of aromatic nitrogens is 4. The molecule has 7 aromatic carbocycles. The van der Waals surface area contributed by atoms with Gasteiger partial charge in [0, 0.05) is 78.0 Å². The second-order valence-electron chi connectivity index (χ2n) is 38.2. The summed E-state index contributed by atoms with van der Waals surface area (Å²) < 4.78 is 54.1. The third-order valence-electron chi connectivity index (χ3n) is 26.5. The van der Waals surface area contributed by atoms with Crippen molar-refractivity contribution in [2.24, 2.45) is 27.4 Å². The molecular weight excluding hydrogens is 2110 g/mol. The van der Waals surface area contributed by atoms with Crippen LogP contribution in [0.2, 0.25) is 30.1 Å². The van der Waals surface area contributed by atoms with Gasteiger partial charge in [0.1, 0.15) is 32.8 Å². The predicted octanol–water partition coefficient (Wildman–Crippen LogP) is 23.0. The second-order valence-corrected chi connectivity index (χ2v) is 52.6. The van der Waals surface area contributed by atoms with Gasteiger partial charge in [0.15, 0.2) is 13.5 Å². The van der Waals surface area contributed by atoms with Gasteiger partial charge in [-0.15, -0.1) is 45.3 Å². The molecule has 0 bridgehead atoms. The molecule has 1 radical (unpaired) electrons. The summed E-state index contributed by atoms with van der Waals surface area (Å²) in [5.41, 5.74) is 20.2. The van der Waals surface area contributed by atoms with Gasteiger partial charge in [-0.3, -0.25) is 14.4 Å². The summed E-state index contributed by atoms with van der Waals surface area (Å²) >= 11 is 48.5. The number of para-hydroxylation sites is 1. The molecule has 4 aromatic heterocycles. The Kier molecular flexibility index (Phi) is 35.0. The highest BCUT2D eigenvalue weighted by Crippen LogP contribution is 2.57. The smallest absolute Gasteiger partial charge is 0.535 e. The monoisotopic (exact) mass is 2220 g/mol. The molecule has 4 saturated heterocycles. The number of aromatic carboxylic acids is 1. The lowest BCUT2D eigenvalue weighted by molar-refractivity contribution is 0.0517. The van der Waals surface area contributed by atoms with E-state index in [1.165, 1.54) is 95.2 Å². The summed E-state index contributed by atoms with van der Waals surface area (Å²) in [5.74, 6) is -0.844. The van der Waals surface area contributed by atoms with Crippen molar-refractivity contribution in [3.05, 3.63) is 278 Å². The topological polar surface area (TPSA) is 305 Å². The summed E-state index contributed by atoms with van der Waals surface area (Å²) in [4.78, 5) is 72.2. The van der Waals surface area contributed by atoms with Crippen LogP contribution in [-0.2, 0) is 58.6 Å². The van der Waals surface area contributed by atoms with Gasteiger partial charge in [-0.25, -0.2) is 51.5 Å². The van der Waals surface area contributed by atoms with Gasteiger partial charge in [0.05, 0.1) is 95.5 Å². The molecule has 7 atom stereocenters. The lowest BCUT2D eigenvalue weighted by atomic mass is 9.73. The van der Waals surface area contributed by atoms with Crippen molar-refractivity contribution in [2.75, 3.05) is 52.4 Å². The third kappa shape index (κ3) is 24.3. The summed E-state index contributed by atoms with van der Waals surface area (Å²) in [6.45, 7) is 24.2. The lowest BCUT2D eigenvalue weighted by Crippen LogP contribution is -2.49. The van der Waals surface area contributed by atoms with Crippen molar-refractivity contribution in [2.45, 2.75) is 178 Å². The number of benzene rings is 7. The first-order valence-corrected chi connectivity index (χ1v) is 55.5. The minimum absolute atomic E-state index is 0.0000817. The first-order valence-electron chi connectivity index (χ1n) is 44.7. The summed E-state index contributed by atoms with van der Waals surface area (Å²) in [6.07, 6.45) is 11.6. The zero-order chi connectivity index (χ0) is 97.6. The number of nitrogens with two attached hydrogens (primary N) is 1. The van der Waals surface area contributed by atoms with Gasteiger partial charge < -0.3 is 40.5 Å². The Hall–Kier alpha value is -6.29. The molecule has 0 unspecified atom stereocenters. The zero-order valence-electron chi connectivity index (χ0n) is 76.5. The molecule has 4 spiro atoms. The minimum Gasteiger partial charge on any atom is -0.535 e. The minimum atomic E-state index is -1.19. The number of rotatable bonds is 14. The Labute approximate surface area is 866 Å². The van der Waals surface area contributed by atoms with E-state index in [2.05, 4.69) is 173 Å². The Morgan fingerprint density at radius 1 is 0.426 bits per heavy atom. The number of thiazole rings is 4. The van der Waals surface area contributed by atoms with Crippen molar-refractivity contribution in [1.82, 2.24) is 54.1 Å². The Morgan fingerprint density at radius 3 is 1.02 bits per heavy atom. The van der Waals surface area contributed by atoms with Gasteiger partial charge in [-0.2, -0.15) is 0 Å². The average Bonchev–Trinajstić information content (AvgIpc) is 1.59. The van der Waals surface area contributed by atoms with E-state index in [9.17, 15) is 31.8 Å². The van der Waals surface area contributed by atoms with E-state index in [4.69, 9.17) is 85.5 Å². The van der Waals surface area contributed by atoms with E-state index in [-0.39, 0.29) is 89.2 Å². The molecule has 136 heavy (non-hydrogen) atoms. The van der Waals surface area contributed by atoms with Gasteiger partial charge in [-0.05, 0) is 287 Å². The largest absolute Gasteiger partial charge is 0.569 e. The molecule has 8 heterocycles. The number of hydrogen-bond acceptors (Lipinski definition) is 19. The molecule has 0 saturated carbocycles. The van der Waals surface area contributed by atoms with Crippen LogP contribution in [0.5, 0.6) is 5.75 Å². The fourth-order valence-electron chi connectivity index (χ4n) is 19.1. The van der Waals surface area contributed by atoms with E-state index >= 15 is 0 Å². The molecule has 4 fully saturated rings. The van der Waals surface area contributed by atoms with E-state index in [0.29, 0.717) is 119 Å². The maximum Gasteiger partial charge on any atom is 0.569 e. The quantitative estimate of drug-likeness (QED) is 0.0498. The van der Waals surface area contributed by atoms with Crippen molar-refractivity contribution in [3.8, 4) is 26.9 Å². The van der Waals surface area contributed by atoms with Crippen molar-refractivity contribution in [1.29, 1.82) is 0 Å². The van der Waals surface area contributed by atoms with Gasteiger partial charge in [0.2, 0.25) is 0 Å². The summed E-state index contributed by atoms with van der Waals surface area (Å²) in [5, 5.41) is 31.1. The standard InChI is InChI=1S/C27H29Cl2N3O2S2.C23H21Cl2N3OS.C21H26BrN3O2S2.C17H26N2OS.C6H4BCl2O2.C4H2BrNO2S/c1-26(2,3)36(34)31-23-18-8-5-4-7-17(18)15-27(23)11-13-32(14-12-27)25(33)21-16-35-24(30-21)22-19(28)9-6-10-20(22)29;24-16-6-3-7-17(25)19(16)21-27-18(13-30-21)22(29)28-10-8-23(9-11-28)12-14-4-1-2-5-15(14)20(23)26;1-20(2,3)29(27)24-17-15-7-5-4-6-14(15)12-21(17)8-10-25(11-9-21)18(26)16-13-28-19(22)23-16;1-16(2,3)21(20)19-15-14-7-5-4-6-13(14)12-17(15)8-10-18-11-9-17;8-4-2-1-3-5(9)6(4)11-7-10;5-4-6-2(1-9-4)3(7)8/h4-10,16,23,31H,11-15H2,1-3H3;1-7,13,20H,8-12,26H2;4-7,13,17,24H,8-12H2,1-3H3;4-7,15,18-19H,8-12H2,1-3H3;1-3,10H;1H,(H,7,8)/t23-,36-;20-;17-,29-;15-,21-;;/m1111../s1. The van der Waals surface area contributed by atoms with E-state index in [0.717, 1.165) is 94.1 Å². The SMILES string of the molecule is CC(C)(C)[S@@](=O)N[C@@H]1c2ccccc2CC12CCN(C(=O)c1csc(-c3c(Cl)cccc3Cl)n1)CC2.CC(C)(C)[S@@](=O)N[C@@H]1c2ccccc2CC12CCN(C(=O)c1csc(Br)n1)CC2.CC(C)(C)[S@@](=O)N[C@@H]1c2ccccc2CC12CCNCC2.N[C@@H]1c2ccccc2CC12CCN(C(=O)c1csc(-c3c(Cl)cccc3Cl)n1)CC2.O=C(O)c1csc(Br)n1.O[B]Oc1c(Cl)cccc1Cl. The van der Waals surface area contributed by atoms with Gasteiger partial charge in [-0.1, -0.05) is 185 Å². The molecule has 8 N–H and O–H groups in total. The second kappa shape index (κ2) is 45.1. The van der Waals surface area contributed by atoms with E-state index in [1.807, 2.05) is 77.0 Å². The third-order valence-corrected chi connectivity index (χ3v) is 37.5. The average molecular weight is 2220 g/mol. The number of hydrogen-bond donors (Lipinski definition) is 7. The predicted molar refractivity (Wildman–Crippen MR) is 563 cm³/mol. The van der Waals surface area contributed by atoms with Crippen LogP contribution >= 0.6 is 147 Å². The highest BCUT2D eigenvalue weighted by Gasteiger charge is 2.53. The Bertz CT molecular complexity index is 6160. The van der Waals surface area contributed by atoms with Crippen LogP contribution in [0.1, 0.15) is 224 Å². The molecule has 4 aliphatic heterocycles. The van der Waals surface area contributed by atoms with E-state index < -0.39 is 38.9 Å². The zero-order valence-corrected chi connectivity index (χ0v) is 89.9. The van der Waals surface area contributed by atoms with Crippen LogP contribution in [0.4, 0.5) is 0 Å². The molecule has 721 valence electrons. The molecule has 11 aromatic rings. The van der Waals surface area contributed by atoms with Crippen LogP contribution in [0.3, 0.4) is 0 Å². The molecule has 8 aliphatic rings. The van der Waals surface area contributed by atoms with Crippen LogP contribution in [0, 0.1) is 21.7 Å². The first-order chi connectivity index (χ1) is 64.6. The van der Waals surface area contributed by atoms with Gasteiger partial charge >= 0.3 is 13.7 Å². The Balaban J connectivity index is 0.000000137. The van der Waals surface area contributed by atoms with Crippen LogP contribution < -0.4 is 29.9 Å². The van der Waals surface area contributed by atoms with E-state index in [1.54, 1.807) is 70.7 Å². The number of likely N-dealkylation sites (tertiary alicyclic amines) is 3. The Morgan fingerprint density at radius 2 is 0.713 bits per heavy atom. The number of nitrogens with zero attached hydrogens (tertiary/aromatic N) is 7. The van der Waals surface area contributed by atoms with Crippen LogP contribution in [0.25, 0.3) is 21.1 Å². The highest BCUT2D eigenvalue weighted by atomic mass is 79.9. The summed E-state index contributed by atoms with van der Waals surface area (Å²) in [7, 11) is -2.84. The van der Waals surface area contributed by atoms with Crippen LogP contribution in [-0.4, -0.2) is 155 Å². The van der Waals surface area contributed by atoms with Crippen LogP contribution in [0.15, 0.2) is 181 Å². The number of carbonyl (C=O) groups excluding carboxylic acids is 3. The normalized spacial score (nSPS) is 19.7.